The van der Waals surface area contributed by atoms with Crippen LogP contribution in [0.2, 0.25) is 5.02 Å². The first kappa shape index (κ1) is 14.4. The Balaban J connectivity index is 1.87. The van der Waals surface area contributed by atoms with Crippen molar-refractivity contribution in [3.8, 4) is 0 Å². The Morgan fingerprint density at radius 3 is 2.91 bits per heavy atom. The molecule has 2 nitrogen and oxygen atoms in total. The number of hydrogen-bond donors (Lipinski definition) is 1. The predicted octanol–water partition coefficient (Wildman–Crippen LogP) is 4.69. The maximum Gasteiger partial charge on any atom is 0.161 e. The summed E-state index contributed by atoms with van der Waals surface area (Å²) in [6, 6.07) is 6.19. The van der Waals surface area contributed by atoms with Crippen LogP contribution in [0.5, 0.6) is 0 Å². The predicted molar refractivity (Wildman–Crippen MR) is 92.1 cm³/mol. The van der Waals surface area contributed by atoms with Gasteiger partial charge in [0.2, 0.25) is 0 Å². The van der Waals surface area contributed by atoms with Crippen LogP contribution in [-0.2, 0) is 4.79 Å². The molecule has 1 aromatic carbocycles. The minimum absolute atomic E-state index is 0.113. The molecule has 0 saturated heterocycles. The molecule has 0 radical (unpaired) electrons. The van der Waals surface area contributed by atoms with Gasteiger partial charge in [0.15, 0.2) is 5.78 Å². The van der Waals surface area contributed by atoms with Crippen molar-refractivity contribution in [2.45, 2.75) is 38.5 Å². The Kier molecular flexibility index (Phi) is 3.58. The van der Waals surface area contributed by atoms with Crippen LogP contribution in [-0.4, -0.2) is 11.5 Å². The monoisotopic (exact) mass is 331 g/mol. The number of aryl methyl sites for hydroxylation is 1. The van der Waals surface area contributed by atoms with Crippen LogP contribution in [0.25, 0.3) is 0 Å². The molecule has 22 heavy (non-hydrogen) atoms. The van der Waals surface area contributed by atoms with Crippen molar-refractivity contribution in [1.82, 2.24) is 5.32 Å². The van der Waals surface area contributed by atoms with Crippen molar-refractivity contribution in [2.24, 2.45) is 0 Å². The number of Topliss-reactive ketones (excluding diaryl/α,β-unsaturated/α-hetero) is 1. The van der Waals surface area contributed by atoms with Crippen LogP contribution < -0.4 is 5.32 Å². The van der Waals surface area contributed by atoms with E-state index in [1.165, 1.54) is 16.2 Å². The summed E-state index contributed by atoms with van der Waals surface area (Å²) >= 11 is 8.08. The average molecular weight is 332 g/mol. The van der Waals surface area contributed by atoms with Gasteiger partial charge in [0.1, 0.15) is 0 Å². The smallest absolute Gasteiger partial charge is 0.161 e. The normalized spacial score (nSPS) is 24.3. The Morgan fingerprint density at radius 1 is 1.23 bits per heavy atom. The molecule has 0 aromatic heterocycles. The van der Waals surface area contributed by atoms with Gasteiger partial charge in [-0.25, -0.2) is 0 Å². The van der Waals surface area contributed by atoms with Gasteiger partial charge in [0, 0.05) is 45.0 Å². The molecule has 0 bridgehead atoms. The minimum Gasteiger partial charge on any atom is -0.361 e. The van der Waals surface area contributed by atoms with Crippen molar-refractivity contribution >= 4 is 29.1 Å². The zero-order valence-corrected chi connectivity index (χ0v) is 14.1. The van der Waals surface area contributed by atoms with Gasteiger partial charge in [-0.1, -0.05) is 23.7 Å². The maximum atomic E-state index is 12.6. The summed E-state index contributed by atoms with van der Waals surface area (Å²) in [5.41, 5.74) is 5.77. The molecule has 4 heteroatoms. The fraction of sp³-hybridized carbons (Fsp3) is 0.389. The van der Waals surface area contributed by atoms with E-state index in [4.69, 9.17) is 11.6 Å². The number of carbonyl (C=O) groups is 1. The third-order valence-corrected chi connectivity index (χ3v) is 6.36. The van der Waals surface area contributed by atoms with E-state index in [0.29, 0.717) is 12.2 Å². The molecule has 1 N–H and O–H groups in total. The van der Waals surface area contributed by atoms with E-state index < -0.39 is 0 Å². The van der Waals surface area contributed by atoms with Crippen molar-refractivity contribution in [3.05, 3.63) is 56.2 Å². The number of hydrogen-bond acceptors (Lipinski definition) is 3. The van der Waals surface area contributed by atoms with E-state index in [0.717, 1.165) is 46.9 Å². The SMILES string of the molecule is Cc1cc(C2C3=C(CCS3)NC3=C2C(=O)CCC3)ccc1Cl. The topological polar surface area (TPSA) is 29.1 Å². The van der Waals surface area contributed by atoms with E-state index in [-0.39, 0.29) is 5.92 Å². The van der Waals surface area contributed by atoms with Crippen molar-refractivity contribution in [3.63, 3.8) is 0 Å². The van der Waals surface area contributed by atoms with E-state index in [1.807, 2.05) is 24.8 Å². The Labute approximate surface area is 140 Å². The number of thioether (sulfide) groups is 1. The van der Waals surface area contributed by atoms with Gasteiger partial charge in [0.05, 0.1) is 0 Å². The van der Waals surface area contributed by atoms with Crippen LogP contribution in [0.3, 0.4) is 0 Å². The van der Waals surface area contributed by atoms with E-state index >= 15 is 0 Å². The van der Waals surface area contributed by atoms with Gasteiger partial charge < -0.3 is 5.32 Å². The quantitative estimate of drug-likeness (QED) is 0.809. The molecule has 0 spiro atoms. The largest absolute Gasteiger partial charge is 0.361 e. The third-order valence-electron chi connectivity index (χ3n) is 4.73. The summed E-state index contributed by atoms with van der Waals surface area (Å²) in [6.45, 7) is 2.03. The molecule has 1 atom stereocenters. The number of halogens is 1. The second-order valence-electron chi connectivity index (χ2n) is 6.18. The summed E-state index contributed by atoms with van der Waals surface area (Å²) < 4.78 is 0. The lowest BCUT2D eigenvalue weighted by Gasteiger charge is -2.33. The standard InChI is InChI=1S/C18H18ClNOS/c1-10-9-11(5-6-12(10)19)16-17-13(3-2-4-15(17)21)20-14-7-8-22-18(14)16/h5-6,9,16,20H,2-4,7-8H2,1H3. The fourth-order valence-corrected chi connectivity index (χ4v) is 5.05. The molecule has 2 heterocycles. The van der Waals surface area contributed by atoms with Crippen LogP contribution >= 0.6 is 23.4 Å². The highest BCUT2D eigenvalue weighted by Gasteiger charge is 2.38. The highest BCUT2D eigenvalue weighted by Crippen LogP contribution is 2.50. The summed E-state index contributed by atoms with van der Waals surface area (Å²) in [7, 11) is 0. The number of nitrogens with one attached hydrogen (secondary N) is 1. The molecule has 0 fully saturated rings. The molecule has 3 aliphatic rings. The van der Waals surface area contributed by atoms with E-state index in [2.05, 4.69) is 17.4 Å². The second-order valence-corrected chi connectivity index (χ2v) is 7.72. The van der Waals surface area contributed by atoms with Crippen molar-refractivity contribution < 1.29 is 4.79 Å². The van der Waals surface area contributed by atoms with Crippen molar-refractivity contribution in [2.75, 3.05) is 5.75 Å². The van der Waals surface area contributed by atoms with E-state index in [9.17, 15) is 4.79 Å². The number of dihydropyridines is 1. The van der Waals surface area contributed by atoms with Gasteiger partial charge in [-0.05, 0) is 43.4 Å². The van der Waals surface area contributed by atoms with Gasteiger partial charge in [-0.15, -0.1) is 11.8 Å². The first-order valence-corrected chi connectivity index (χ1v) is 9.16. The summed E-state index contributed by atoms with van der Waals surface area (Å²) in [4.78, 5) is 13.9. The molecule has 0 saturated carbocycles. The minimum atomic E-state index is 0.113. The van der Waals surface area contributed by atoms with Crippen LogP contribution in [0.15, 0.2) is 40.1 Å². The second kappa shape index (κ2) is 5.47. The number of benzene rings is 1. The average Bonchev–Trinajstić information content (AvgIpc) is 2.96. The van der Waals surface area contributed by atoms with Crippen LogP contribution in [0, 0.1) is 6.92 Å². The number of rotatable bonds is 1. The molecule has 1 aromatic rings. The highest BCUT2D eigenvalue weighted by atomic mass is 35.5. The van der Waals surface area contributed by atoms with Crippen molar-refractivity contribution in [1.29, 1.82) is 0 Å². The van der Waals surface area contributed by atoms with Gasteiger partial charge >= 0.3 is 0 Å². The van der Waals surface area contributed by atoms with Crippen LogP contribution in [0.4, 0.5) is 0 Å². The van der Waals surface area contributed by atoms with Gasteiger partial charge in [-0.2, -0.15) is 0 Å². The van der Waals surface area contributed by atoms with E-state index in [1.54, 1.807) is 0 Å². The first-order valence-electron chi connectivity index (χ1n) is 7.80. The molecule has 0 amide bonds. The summed E-state index contributed by atoms with van der Waals surface area (Å²) in [6.07, 6.45) is 3.71. The first-order chi connectivity index (χ1) is 10.6. The van der Waals surface area contributed by atoms with Gasteiger partial charge in [0.25, 0.3) is 0 Å². The van der Waals surface area contributed by atoms with Gasteiger partial charge in [-0.3, -0.25) is 4.79 Å². The molecular weight excluding hydrogens is 314 g/mol. The number of allylic oxidation sites excluding steroid dienone is 4. The third kappa shape index (κ3) is 2.22. The zero-order chi connectivity index (χ0) is 15.3. The lowest BCUT2D eigenvalue weighted by atomic mass is 9.79. The molecular formula is C18H18ClNOS. The molecule has 1 aliphatic carbocycles. The lowest BCUT2D eigenvalue weighted by Crippen LogP contribution is -2.30. The zero-order valence-electron chi connectivity index (χ0n) is 12.5. The maximum absolute atomic E-state index is 12.6. The molecule has 114 valence electrons. The Hall–Kier alpha value is -1.19. The summed E-state index contributed by atoms with van der Waals surface area (Å²) in [5, 5.41) is 4.35. The van der Waals surface area contributed by atoms with Crippen LogP contribution in [0.1, 0.15) is 42.7 Å². The molecule has 4 rings (SSSR count). The lowest BCUT2D eigenvalue weighted by molar-refractivity contribution is -0.116. The number of ketones is 1. The number of carbonyl (C=O) groups excluding carboxylic acids is 1. The molecule has 1 unspecified atom stereocenters. The summed E-state index contributed by atoms with van der Waals surface area (Å²) in [5.74, 6) is 1.53. The molecule has 2 aliphatic heterocycles. The highest BCUT2D eigenvalue weighted by molar-refractivity contribution is 8.03. The fourth-order valence-electron chi connectivity index (χ4n) is 3.66. The Bertz CT molecular complexity index is 735. The Morgan fingerprint density at radius 2 is 2.09 bits per heavy atom.